The van der Waals surface area contributed by atoms with E-state index in [1.807, 2.05) is 0 Å². The number of phosphoric ester groups is 1. The van der Waals surface area contributed by atoms with Crippen LogP contribution in [-0.4, -0.2) is 47.9 Å². The van der Waals surface area contributed by atoms with Crippen molar-refractivity contribution in [2.45, 2.75) is 24.9 Å². The third-order valence-corrected chi connectivity index (χ3v) is 7.50. The molecule has 0 bridgehead atoms. The Morgan fingerprint density at radius 2 is 1.93 bits per heavy atom. The first-order chi connectivity index (χ1) is 13.5. The van der Waals surface area contributed by atoms with Crippen LogP contribution in [-0.2, 0) is 31.6 Å². The van der Waals surface area contributed by atoms with Crippen LogP contribution in [0.2, 0.25) is 0 Å². The van der Waals surface area contributed by atoms with Gasteiger partial charge in [-0.2, -0.15) is 8.62 Å². The van der Waals surface area contributed by atoms with Crippen LogP contribution in [0.5, 0.6) is 0 Å². The number of aldehydes is 1. The molecule has 1 aromatic heterocycles. The lowest BCUT2D eigenvalue weighted by atomic mass is 10.2. The maximum atomic E-state index is 14.8. The SMILES string of the molecule is O=Cc1cn([C@H]2CC[C@@](F)(COP(=O)(O)OP(=O)(O)OP(=O)(O)O)O2)c(=S)[nH]c1=O. The molecule has 1 fully saturated rings. The highest BCUT2D eigenvalue weighted by Gasteiger charge is 2.46. The number of hydrogen-bond donors (Lipinski definition) is 5. The molecule has 20 heteroatoms. The first kappa shape index (κ1) is 25.3. The average Bonchev–Trinajstić information content (AvgIpc) is 2.93. The van der Waals surface area contributed by atoms with Gasteiger partial charge in [-0.15, -0.1) is 0 Å². The van der Waals surface area contributed by atoms with Gasteiger partial charge < -0.3 is 24.3 Å². The fraction of sp³-hybridized carbons (Fsp3) is 0.500. The van der Waals surface area contributed by atoms with Gasteiger partial charge in [0.25, 0.3) is 5.56 Å². The Labute approximate surface area is 170 Å². The average molecular weight is 514 g/mol. The van der Waals surface area contributed by atoms with E-state index in [2.05, 4.69) is 18.1 Å². The van der Waals surface area contributed by atoms with Crippen molar-refractivity contribution >= 4 is 42.0 Å². The number of aromatic nitrogens is 2. The van der Waals surface area contributed by atoms with Crippen LogP contribution < -0.4 is 5.56 Å². The van der Waals surface area contributed by atoms with E-state index in [0.717, 1.165) is 10.8 Å². The van der Waals surface area contributed by atoms with Gasteiger partial charge in [-0.05, 0) is 18.6 Å². The number of carbonyl (C=O) groups excluding carboxylic acids is 1. The van der Waals surface area contributed by atoms with Crippen LogP contribution in [0, 0.1) is 4.77 Å². The Balaban J connectivity index is 2.07. The standard InChI is InChI=1S/C10H14FN2O13P3S/c11-10(5-23-28(19,20)26-29(21,22)25-27(16,17)18)2-1-7(24-10)13-3-6(4-14)8(15)12-9(13)30/h3-4,7H,1-2,5H2,(H,19,20)(H,21,22)(H,12,15,30)(H2,16,17,18)/t7-,10+/m1/s1. The molecule has 0 radical (unpaired) electrons. The number of nitrogens with one attached hydrogen (secondary N) is 1. The van der Waals surface area contributed by atoms with Gasteiger partial charge in [0, 0.05) is 12.6 Å². The molecule has 170 valence electrons. The summed E-state index contributed by atoms with van der Waals surface area (Å²) in [5.74, 6) is -2.73. The summed E-state index contributed by atoms with van der Waals surface area (Å²) < 4.78 is 65.4. The number of hydrogen-bond acceptors (Lipinski definition) is 10. The van der Waals surface area contributed by atoms with E-state index in [1.54, 1.807) is 0 Å². The van der Waals surface area contributed by atoms with E-state index in [1.165, 1.54) is 0 Å². The molecule has 15 nitrogen and oxygen atoms in total. The van der Waals surface area contributed by atoms with E-state index in [9.17, 15) is 32.6 Å². The van der Waals surface area contributed by atoms with Crippen molar-refractivity contribution in [3.8, 4) is 0 Å². The molecule has 0 aliphatic carbocycles. The van der Waals surface area contributed by atoms with Crippen LogP contribution in [0.1, 0.15) is 29.4 Å². The lowest BCUT2D eigenvalue weighted by molar-refractivity contribution is -0.174. The normalized spacial score (nSPS) is 26.1. The molecular weight excluding hydrogens is 500 g/mol. The molecule has 1 saturated heterocycles. The molecule has 30 heavy (non-hydrogen) atoms. The topological polar surface area (TPSA) is 224 Å². The van der Waals surface area contributed by atoms with Crippen LogP contribution >= 0.6 is 35.7 Å². The van der Waals surface area contributed by atoms with Crippen molar-refractivity contribution in [1.82, 2.24) is 9.55 Å². The van der Waals surface area contributed by atoms with Gasteiger partial charge in [-0.1, -0.05) is 0 Å². The first-order valence-electron chi connectivity index (χ1n) is 7.50. The number of phosphoric acid groups is 3. The predicted octanol–water partition coefficient (Wildman–Crippen LogP) is 1.04. The lowest BCUT2D eigenvalue weighted by Crippen LogP contribution is -2.29. The number of ether oxygens (including phenoxy) is 1. The number of rotatable bonds is 9. The zero-order valence-electron chi connectivity index (χ0n) is 14.4. The van der Waals surface area contributed by atoms with Gasteiger partial charge in [0.05, 0.1) is 5.56 Å². The first-order valence-corrected chi connectivity index (χ1v) is 12.4. The molecule has 2 unspecified atom stereocenters. The summed E-state index contributed by atoms with van der Waals surface area (Å²) in [5.41, 5.74) is -1.10. The van der Waals surface area contributed by atoms with Crippen molar-refractivity contribution in [3.63, 3.8) is 0 Å². The number of aromatic amines is 1. The second kappa shape index (κ2) is 8.90. The van der Waals surface area contributed by atoms with Crippen LogP contribution in [0.15, 0.2) is 11.0 Å². The molecule has 2 rings (SSSR count). The summed E-state index contributed by atoms with van der Waals surface area (Å²) in [4.78, 5) is 59.8. The van der Waals surface area contributed by atoms with E-state index in [0.29, 0.717) is 0 Å². The summed E-state index contributed by atoms with van der Waals surface area (Å²) in [6.07, 6.45) is -0.425. The maximum absolute atomic E-state index is 14.8. The second-order valence-corrected chi connectivity index (χ2v) is 10.5. The minimum Gasteiger partial charge on any atom is -0.320 e. The van der Waals surface area contributed by atoms with E-state index >= 15 is 0 Å². The minimum atomic E-state index is -5.75. The zero-order valence-corrected chi connectivity index (χ0v) is 17.9. The number of halogens is 1. The van der Waals surface area contributed by atoms with Crippen LogP contribution in [0.4, 0.5) is 4.39 Å². The third kappa shape index (κ3) is 7.05. The largest absolute Gasteiger partial charge is 0.490 e. The van der Waals surface area contributed by atoms with E-state index in [-0.39, 0.29) is 23.0 Å². The quantitative estimate of drug-likeness (QED) is 0.176. The number of nitrogens with zero attached hydrogens (tertiary/aromatic N) is 1. The van der Waals surface area contributed by atoms with Crippen molar-refractivity contribution < 1.29 is 60.3 Å². The molecule has 1 aromatic rings. The predicted molar refractivity (Wildman–Crippen MR) is 94.3 cm³/mol. The number of carbonyl (C=O) groups is 1. The fourth-order valence-electron chi connectivity index (χ4n) is 2.28. The molecule has 1 aliphatic heterocycles. The van der Waals surface area contributed by atoms with Crippen molar-refractivity contribution in [2.24, 2.45) is 0 Å². The maximum Gasteiger partial charge on any atom is 0.490 e. The Kier molecular flexibility index (Phi) is 7.52. The Bertz CT molecular complexity index is 1080. The van der Waals surface area contributed by atoms with Gasteiger partial charge in [0.15, 0.2) is 11.1 Å². The molecular formula is C10H14FN2O13P3S. The van der Waals surface area contributed by atoms with Gasteiger partial charge >= 0.3 is 23.5 Å². The monoisotopic (exact) mass is 514 g/mol. The molecule has 2 heterocycles. The second-order valence-electron chi connectivity index (χ2n) is 5.73. The summed E-state index contributed by atoms with van der Waals surface area (Å²) in [7, 11) is -16.9. The molecule has 5 N–H and O–H groups in total. The highest BCUT2D eigenvalue weighted by molar-refractivity contribution is 7.71. The molecule has 0 aromatic carbocycles. The Morgan fingerprint density at radius 1 is 1.30 bits per heavy atom. The Morgan fingerprint density at radius 3 is 2.50 bits per heavy atom. The van der Waals surface area contributed by atoms with E-state index < -0.39 is 54.1 Å². The lowest BCUT2D eigenvalue weighted by Gasteiger charge is -2.23. The molecule has 0 amide bonds. The van der Waals surface area contributed by atoms with Gasteiger partial charge in [0.1, 0.15) is 12.8 Å². The number of H-pyrrole nitrogens is 1. The summed E-state index contributed by atoms with van der Waals surface area (Å²) in [6.45, 7) is -1.32. The van der Waals surface area contributed by atoms with Crippen molar-refractivity contribution in [2.75, 3.05) is 6.61 Å². The summed E-state index contributed by atoms with van der Waals surface area (Å²) in [5, 5.41) is 0. The van der Waals surface area contributed by atoms with Gasteiger partial charge in [-0.25, -0.2) is 18.1 Å². The third-order valence-electron chi connectivity index (χ3n) is 3.40. The van der Waals surface area contributed by atoms with Crippen molar-refractivity contribution in [1.29, 1.82) is 0 Å². The molecule has 4 atom stereocenters. The molecule has 0 spiro atoms. The highest BCUT2D eigenvalue weighted by Crippen LogP contribution is 2.66. The van der Waals surface area contributed by atoms with Crippen LogP contribution in [0.3, 0.4) is 0 Å². The smallest absolute Gasteiger partial charge is 0.320 e. The molecule has 0 saturated carbocycles. The Hall–Kier alpha value is -0.930. The van der Waals surface area contributed by atoms with Gasteiger partial charge in [0.2, 0.25) is 5.85 Å². The zero-order chi connectivity index (χ0) is 23.0. The van der Waals surface area contributed by atoms with Gasteiger partial charge in [-0.3, -0.25) is 23.7 Å². The van der Waals surface area contributed by atoms with Crippen molar-refractivity contribution in [3.05, 3.63) is 26.9 Å². The summed E-state index contributed by atoms with van der Waals surface area (Å²) in [6, 6.07) is 0. The highest BCUT2D eigenvalue weighted by atomic mass is 32.1. The minimum absolute atomic E-state index is 0.0884. The van der Waals surface area contributed by atoms with E-state index in [4.69, 9.17) is 31.6 Å². The summed E-state index contributed by atoms with van der Waals surface area (Å²) >= 11 is 4.90. The number of alkyl halides is 1. The van der Waals surface area contributed by atoms with Crippen LogP contribution in [0.25, 0.3) is 0 Å². The molecule has 1 aliphatic rings. The fourth-order valence-corrected chi connectivity index (χ4v) is 5.60.